The van der Waals surface area contributed by atoms with E-state index in [-0.39, 0.29) is 10.5 Å². The molecule has 20 heavy (non-hydrogen) atoms. The monoisotopic (exact) mass is 299 g/mol. The number of nitrogens with one attached hydrogen (secondary N) is 1. The quantitative estimate of drug-likeness (QED) is 0.768. The summed E-state index contributed by atoms with van der Waals surface area (Å²) in [6.07, 6.45) is 2.08. The zero-order valence-electron chi connectivity index (χ0n) is 10.8. The SMILES string of the molecule is O=C(O)c1ccccc1S(=O)(=O)N[C@@H]1CCCC[C@H]1O. The van der Waals surface area contributed by atoms with Gasteiger partial charge in [-0.25, -0.2) is 17.9 Å². The molecular weight excluding hydrogens is 282 g/mol. The van der Waals surface area contributed by atoms with Gasteiger partial charge in [-0.15, -0.1) is 0 Å². The average molecular weight is 299 g/mol. The summed E-state index contributed by atoms with van der Waals surface area (Å²) >= 11 is 0. The molecule has 1 aromatic carbocycles. The molecule has 1 fully saturated rings. The van der Waals surface area contributed by atoms with E-state index in [1.165, 1.54) is 24.3 Å². The lowest BCUT2D eigenvalue weighted by atomic mass is 9.93. The van der Waals surface area contributed by atoms with Gasteiger partial charge in [-0.05, 0) is 25.0 Å². The summed E-state index contributed by atoms with van der Waals surface area (Å²) in [5.74, 6) is -1.30. The van der Waals surface area contributed by atoms with Crippen LogP contribution in [0.25, 0.3) is 0 Å². The lowest BCUT2D eigenvalue weighted by Crippen LogP contribution is -2.45. The summed E-state index contributed by atoms with van der Waals surface area (Å²) in [6.45, 7) is 0. The fraction of sp³-hybridized carbons (Fsp3) is 0.462. The third kappa shape index (κ3) is 3.17. The second kappa shape index (κ2) is 5.90. The topological polar surface area (TPSA) is 104 Å². The van der Waals surface area contributed by atoms with Crippen LogP contribution in [0.2, 0.25) is 0 Å². The van der Waals surface area contributed by atoms with Crippen LogP contribution >= 0.6 is 0 Å². The third-order valence-electron chi connectivity index (χ3n) is 3.44. The summed E-state index contributed by atoms with van der Waals surface area (Å²) in [4.78, 5) is 10.8. The van der Waals surface area contributed by atoms with E-state index in [0.717, 1.165) is 12.8 Å². The highest BCUT2D eigenvalue weighted by Crippen LogP contribution is 2.22. The predicted molar refractivity (Wildman–Crippen MR) is 72.0 cm³/mol. The van der Waals surface area contributed by atoms with Crippen molar-refractivity contribution in [2.24, 2.45) is 0 Å². The first kappa shape index (κ1) is 15.0. The van der Waals surface area contributed by atoms with Gasteiger partial charge in [-0.3, -0.25) is 0 Å². The van der Waals surface area contributed by atoms with Crippen LogP contribution < -0.4 is 4.72 Å². The Hall–Kier alpha value is -1.44. The molecule has 2 rings (SSSR count). The van der Waals surface area contributed by atoms with E-state index in [9.17, 15) is 18.3 Å². The first-order valence-electron chi connectivity index (χ1n) is 6.44. The molecule has 1 aliphatic rings. The highest BCUT2D eigenvalue weighted by atomic mass is 32.2. The van der Waals surface area contributed by atoms with Crippen molar-refractivity contribution < 1.29 is 23.4 Å². The van der Waals surface area contributed by atoms with Gasteiger partial charge in [0.25, 0.3) is 0 Å². The van der Waals surface area contributed by atoms with Crippen LogP contribution in [-0.4, -0.2) is 36.7 Å². The van der Waals surface area contributed by atoms with E-state index >= 15 is 0 Å². The van der Waals surface area contributed by atoms with Crippen LogP contribution in [0, 0.1) is 0 Å². The molecule has 0 unspecified atom stereocenters. The van der Waals surface area contributed by atoms with Gasteiger partial charge in [0.1, 0.15) is 0 Å². The van der Waals surface area contributed by atoms with Gasteiger partial charge in [0, 0.05) is 6.04 Å². The number of benzene rings is 1. The molecular formula is C13H17NO5S. The van der Waals surface area contributed by atoms with Crippen molar-refractivity contribution in [2.45, 2.75) is 42.7 Å². The number of carbonyl (C=O) groups is 1. The Labute approximate surface area is 117 Å². The minimum absolute atomic E-state index is 0.273. The molecule has 1 aromatic rings. The summed E-state index contributed by atoms with van der Waals surface area (Å²) < 4.78 is 27.0. The number of hydrogen-bond acceptors (Lipinski definition) is 4. The van der Waals surface area contributed by atoms with Gasteiger partial charge in [0.2, 0.25) is 10.0 Å². The standard InChI is InChI=1S/C13H17NO5S/c15-11-7-3-2-6-10(11)14-20(18,19)12-8-4-1-5-9(12)13(16)17/h1,4-5,8,10-11,14-15H,2-3,6-7H2,(H,16,17)/t10-,11-/m1/s1. The zero-order chi connectivity index (χ0) is 14.8. The number of sulfonamides is 1. The van der Waals surface area contributed by atoms with Crippen molar-refractivity contribution in [3.8, 4) is 0 Å². The van der Waals surface area contributed by atoms with E-state index in [2.05, 4.69) is 4.72 Å². The number of carboxylic acids is 1. The normalized spacial score (nSPS) is 23.4. The molecule has 0 aliphatic heterocycles. The zero-order valence-corrected chi connectivity index (χ0v) is 11.6. The maximum atomic E-state index is 12.3. The van der Waals surface area contributed by atoms with Gasteiger partial charge in [0.05, 0.1) is 16.6 Å². The smallest absolute Gasteiger partial charge is 0.337 e. The second-order valence-corrected chi connectivity index (χ2v) is 6.56. The molecule has 0 bridgehead atoms. The average Bonchev–Trinajstić information content (AvgIpc) is 2.41. The summed E-state index contributed by atoms with van der Waals surface area (Å²) in [7, 11) is -3.96. The van der Waals surface area contributed by atoms with E-state index in [0.29, 0.717) is 12.8 Å². The first-order chi connectivity index (χ1) is 9.42. The Kier molecular flexibility index (Phi) is 4.42. The number of carboxylic acid groups (broad SMARTS) is 1. The van der Waals surface area contributed by atoms with Crippen LogP contribution in [0.1, 0.15) is 36.0 Å². The summed E-state index contributed by atoms with van der Waals surface area (Å²) in [6, 6.07) is 4.88. The molecule has 1 aliphatic carbocycles. The minimum atomic E-state index is -3.96. The Bertz CT molecular complexity index is 599. The van der Waals surface area contributed by atoms with Gasteiger partial charge in [-0.2, -0.15) is 0 Å². The number of hydrogen-bond donors (Lipinski definition) is 3. The largest absolute Gasteiger partial charge is 0.478 e. The van der Waals surface area contributed by atoms with Gasteiger partial charge >= 0.3 is 5.97 Å². The molecule has 0 spiro atoms. The lowest BCUT2D eigenvalue weighted by molar-refractivity contribution is 0.0692. The van der Waals surface area contributed by atoms with Gasteiger partial charge in [-0.1, -0.05) is 25.0 Å². The van der Waals surface area contributed by atoms with Crippen molar-refractivity contribution in [1.82, 2.24) is 4.72 Å². The van der Waals surface area contributed by atoms with Crippen molar-refractivity contribution in [2.75, 3.05) is 0 Å². The second-order valence-electron chi connectivity index (χ2n) is 4.88. The van der Waals surface area contributed by atoms with Crippen LogP contribution in [0.3, 0.4) is 0 Å². The molecule has 0 amide bonds. The first-order valence-corrected chi connectivity index (χ1v) is 7.93. The Morgan fingerprint density at radius 1 is 1.20 bits per heavy atom. The number of aromatic carboxylic acids is 1. The molecule has 7 heteroatoms. The Balaban J connectivity index is 2.29. The van der Waals surface area contributed by atoms with Crippen LogP contribution in [0.5, 0.6) is 0 Å². The highest BCUT2D eigenvalue weighted by molar-refractivity contribution is 7.89. The van der Waals surface area contributed by atoms with Crippen molar-refractivity contribution >= 4 is 16.0 Å². The molecule has 1 saturated carbocycles. The highest BCUT2D eigenvalue weighted by Gasteiger charge is 2.30. The van der Waals surface area contributed by atoms with Crippen LogP contribution in [0.15, 0.2) is 29.2 Å². The Morgan fingerprint density at radius 2 is 1.85 bits per heavy atom. The summed E-state index contributed by atoms with van der Waals surface area (Å²) in [5.41, 5.74) is -0.273. The van der Waals surface area contributed by atoms with Gasteiger partial charge in [0.15, 0.2) is 0 Å². The summed E-state index contributed by atoms with van der Waals surface area (Å²) in [5, 5.41) is 18.9. The minimum Gasteiger partial charge on any atom is -0.478 e. The molecule has 6 nitrogen and oxygen atoms in total. The van der Waals surface area contributed by atoms with Crippen molar-refractivity contribution in [3.05, 3.63) is 29.8 Å². The number of aliphatic hydroxyl groups is 1. The van der Waals surface area contributed by atoms with Crippen molar-refractivity contribution in [3.63, 3.8) is 0 Å². The van der Waals surface area contributed by atoms with Crippen LogP contribution in [0.4, 0.5) is 0 Å². The predicted octanol–water partition coefficient (Wildman–Crippen LogP) is 0.967. The number of aliphatic hydroxyl groups excluding tert-OH is 1. The molecule has 3 N–H and O–H groups in total. The molecule has 0 heterocycles. The maximum absolute atomic E-state index is 12.3. The third-order valence-corrected chi connectivity index (χ3v) is 4.99. The fourth-order valence-corrected chi connectivity index (χ4v) is 3.89. The van der Waals surface area contributed by atoms with E-state index in [4.69, 9.17) is 5.11 Å². The fourth-order valence-electron chi connectivity index (χ4n) is 2.39. The Morgan fingerprint density at radius 3 is 2.50 bits per heavy atom. The van der Waals surface area contributed by atoms with E-state index in [1.807, 2.05) is 0 Å². The van der Waals surface area contributed by atoms with Gasteiger partial charge < -0.3 is 10.2 Å². The van der Waals surface area contributed by atoms with E-state index in [1.54, 1.807) is 0 Å². The number of rotatable bonds is 4. The maximum Gasteiger partial charge on any atom is 0.337 e. The lowest BCUT2D eigenvalue weighted by Gasteiger charge is -2.28. The van der Waals surface area contributed by atoms with Crippen LogP contribution in [-0.2, 0) is 10.0 Å². The van der Waals surface area contributed by atoms with Crippen molar-refractivity contribution in [1.29, 1.82) is 0 Å². The molecule has 2 atom stereocenters. The molecule has 0 saturated heterocycles. The molecule has 0 radical (unpaired) electrons. The van der Waals surface area contributed by atoms with E-state index < -0.39 is 28.1 Å². The molecule has 110 valence electrons. The molecule has 0 aromatic heterocycles.